The summed E-state index contributed by atoms with van der Waals surface area (Å²) in [5, 5.41) is 9.31. The molecule has 0 rings (SSSR count). The minimum absolute atomic E-state index is 0.230. The van der Waals surface area contributed by atoms with Crippen molar-refractivity contribution >= 4 is 0 Å². The molecule has 0 saturated heterocycles. The summed E-state index contributed by atoms with van der Waals surface area (Å²) in [6.45, 7) is 6.38. The van der Waals surface area contributed by atoms with Gasteiger partial charge in [-0.2, -0.15) is 0 Å². The van der Waals surface area contributed by atoms with E-state index in [1.807, 2.05) is 6.92 Å². The Balaban J connectivity index is 3.22. The van der Waals surface area contributed by atoms with Crippen LogP contribution >= 0.6 is 0 Å². The molecule has 0 heterocycles. The fourth-order valence-corrected chi connectivity index (χ4v) is 0.811. The molecule has 0 aromatic heterocycles. The zero-order chi connectivity index (χ0) is 8.69. The second-order valence-electron chi connectivity index (χ2n) is 2.93. The van der Waals surface area contributed by atoms with Gasteiger partial charge in [-0.15, -0.1) is 6.58 Å². The maximum absolute atomic E-state index is 9.31. The Morgan fingerprint density at radius 2 is 2.18 bits per heavy atom. The minimum atomic E-state index is -0.230. The number of aliphatic hydroxyl groups is 1. The number of hydrogen-bond donors (Lipinski definition) is 1. The molecule has 0 amide bonds. The summed E-state index contributed by atoms with van der Waals surface area (Å²) >= 11 is 0. The Morgan fingerprint density at radius 3 is 2.64 bits per heavy atom. The first kappa shape index (κ1) is 10.7. The number of ether oxygens (including phenoxy) is 1. The van der Waals surface area contributed by atoms with Gasteiger partial charge in [-0.3, -0.25) is 0 Å². The lowest BCUT2D eigenvalue weighted by Crippen LogP contribution is -2.09. The van der Waals surface area contributed by atoms with Crippen LogP contribution < -0.4 is 0 Å². The predicted octanol–water partition coefficient (Wildman–Crippen LogP) is 1.74. The molecule has 0 spiro atoms. The monoisotopic (exact) mass is 158 g/mol. The van der Waals surface area contributed by atoms with Crippen molar-refractivity contribution in [2.75, 3.05) is 13.7 Å². The van der Waals surface area contributed by atoms with Crippen molar-refractivity contribution in [2.24, 2.45) is 0 Å². The van der Waals surface area contributed by atoms with Crippen LogP contribution in [0.3, 0.4) is 0 Å². The molecule has 66 valence electrons. The summed E-state index contributed by atoms with van der Waals surface area (Å²) in [4.78, 5) is 0. The highest BCUT2D eigenvalue weighted by Gasteiger charge is 2.02. The molecule has 11 heavy (non-hydrogen) atoms. The molecule has 0 aliphatic heterocycles. The predicted molar refractivity (Wildman–Crippen MR) is 46.5 cm³/mol. The molecule has 1 unspecified atom stereocenters. The second kappa shape index (κ2) is 6.38. The molecule has 0 aliphatic rings. The van der Waals surface area contributed by atoms with Crippen LogP contribution in [-0.4, -0.2) is 24.9 Å². The average Bonchev–Trinajstić information content (AvgIpc) is 1.97. The Kier molecular flexibility index (Phi) is 6.18. The van der Waals surface area contributed by atoms with Crippen molar-refractivity contribution in [3.8, 4) is 0 Å². The number of rotatable bonds is 6. The highest BCUT2D eigenvalue weighted by molar-refractivity contribution is 4.88. The number of hydrogen-bond acceptors (Lipinski definition) is 2. The van der Waals surface area contributed by atoms with E-state index in [0.29, 0.717) is 6.61 Å². The Bertz CT molecular complexity index is 110. The number of aliphatic hydroxyl groups excluding tert-OH is 1. The maximum Gasteiger partial charge on any atom is 0.0565 e. The quantitative estimate of drug-likeness (QED) is 0.597. The van der Waals surface area contributed by atoms with E-state index >= 15 is 0 Å². The maximum atomic E-state index is 9.31. The lowest BCUT2D eigenvalue weighted by atomic mass is 10.1. The van der Waals surface area contributed by atoms with Crippen molar-refractivity contribution in [1.29, 1.82) is 0 Å². The average molecular weight is 158 g/mol. The molecule has 1 atom stereocenters. The molecule has 0 fully saturated rings. The zero-order valence-corrected chi connectivity index (χ0v) is 7.47. The normalized spacial score (nSPS) is 13.0. The lowest BCUT2D eigenvalue weighted by Gasteiger charge is -2.08. The van der Waals surface area contributed by atoms with Crippen LogP contribution in [0.1, 0.15) is 26.2 Å². The van der Waals surface area contributed by atoms with Gasteiger partial charge in [-0.25, -0.2) is 0 Å². The van der Waals surface area contributed by atoms with Crippen molar-refractivity contribution in [3.05, 3.63) is 12.2 Å². The van der Waals surface area contributed by atoms with Gasteiger partial charge in [-0.1, -0.05) is 5.57 Å². The summed E-state index contributed by atoms with van der Waals surface area (Å²) in [5.74, 6) is 0. The summed E-state index contributed by atoms with van der Waals surface area (Å²) in [6, 6.07) is 0. The fraction of sp³-hybridized carbons (Fsp3) is 0.778. The molecule has 1 N–H and O–H groups in total. The number of allylic oxidation sites excluding steroid dienone is 1. The van der Waals surface area contributed by atoms with E-state index in [-0.39, 0.29) is 6.10 Å². The summed E-state index contributed by atoms with van der Waals surface area (Å²) in [6.07, 6.45) is 2.21. The first-order valence-corrected chi connectivity index (χ1v) is 3.98. The Labute approximate surface area is 68.9 Å². The lowest BCUT2D eigenvalue weighted by molar-refractivity contribution is 0.104. The number of methoxy groups -OCH3 is 1. The van der Waals surface area contributed by atoms with Gasteiger partial charge in [0.1, 0.15) is 0 Å². The van der Waals surface area contributed by atoms with Crippen molar-refractivity contribution in [1.82, 2.24) is 0 Å². The Hall–Kier alpha value is -0.340. The third-order valence-electron chi connectivity index (χ3n) is 1.56. The standard InChI is InChI=1S/C9H18O2/c1-8(2)4-5-9(10)6-7-11-3/h9-10H,1,4-7H2,2-3H3. The van der Waals surface area contributed by atoms with Gasteiger partial charge >= 0.3 is 0 Å². The van der Waals surface area contributed by atoms with E-state index in [1.54, 1.807) is 7.11 Å². The van der Waals surface area contributed by atoms with E-state index in [2.05, 4.69) is 6.58 Å². The molecule has 0 radical (unpaired) electrons. The smallest absolute Gasteiger partial charge is 0.0565 e. The molecular weight excluding hydrogens is 140 g/mol. The van der Waals surface area contributed by atoms with E-state index in [0.717, 1.165) is 24.8 Å². The van der Waals surface area contributed by atoms with Crippen LogP contribution in [-0.2, 0) is 4.74 Å². The van der Waals surface area contributed by atoms with Gasteiger partial charge in [-0.05, 0) is 26.2 Å². The summed E-state index contributed by atoms with van der Waals surface area (Å²) < 4.78 is 4.84. The molecule has 0 saturated carbocycles. The van der Waals surface area contributed by atoms with Gasteiger partial charge in [0.25, 0.3) is 0 Å². The highest BCUT2D eigenvalue weighted by atomic mass is 16.5. The minimum Gasteiger partial charge on any atom is -0.393 e. The van der Waals surface area contributed by atoms with Crippen molar-refractivity contribution < 1.29 is 9.84 Å². The molecule has 0 aromatic carbocycles. The molecule has 0 bridgehead atoms. The van der Waals surface area contributed by atoms with Gasteiger partial charge in [0, 0.05) is 13.7 Å². The van der Waals surface area contributed by atoms with Crippen LogP contribution in [0.15, 0.2) is 12.2 Å². The van der Waals surface area contributed by atoms with Crippen LogP contribution in [0.4, 0.5) is 0 Å². The highest BCUT2D eigenvalue weighted by Crippen LogP contribution is 2.06. The summed E-state index contributed by atoms with van der Waals surface area (Å²) in [7, 11) is 1.64. The molecular formula is C9H18O2. The molecule has 2 nitrogen and oxygen atoms in total. The van der Waals surface area contributed by atoms with Crippen LogP contribution in [0.2, 0.25) is 0 Å². The van der Waals surface area contributed by atoms with Gasteiger partial charge < -0.3 is 9.84 Å². The SMILES string of the molecule is C=C(C)CCC(O)CCOC. The van der Waals surface area contributed by atoms with E-state index in [9.17, 15) is 5.11 Å². The van der Waals surface area contributed by atoms with Crippen LogP contribution in [0, 0.1) is 0 Å². The zero-order valence-electron chi connectivity index (χ0n) is 7.47. The Morgan fingerprint density at radius 1 is 1.55 bits per heavy atom. The van der Waals surface area contributed by atoms with E-state index in [4.69, 9.17) is 4.74 Å². The van der Waals surface area contributed by atoms with E-state index < -0.39 is 0 Å². The molecule has 0 aromatic rings. The van der Waals surface area contributed by atoms with Crippen LogP contribution in [0.25, 0.3) is 0 Å². The first-order valence-electron chi connectivity index (χ1n) is 3.98. The largest absolute Gasteiger partial charge is 0.393 e. The fourth-order valence-electron chi connectivity index (χ4n) is 0.811. The third kappa shape index (κ3) is 7.56. The molecule has 0 aliphatic carbocycles. The van der Waals surface area contributed by atoms with Gasteiger partial charge in [0.2, 0.25) is 0 Å². The second-order valence-corrected chi connectivity index (χ2v) is 2.93. The van der Waals surface area contributed by atoms with Crippen LogP contribution in [0.5, 0.6) is 0 Å². The van der Waals surface area contributed by atoms with Gasteiger partial charge in [0.15, 0.2) is 0 Å². The van der Waals surface area contributed by atoms with E-state index in [1.165, 1.54) is 0 Å². The van der Waals surface area contributed by atoms with Crippen molar-refractivity contribution in [2.45, 2.75) is 32.3 Å². The van der Waals surface area contributed by atoms with Gasteiger partial charge in [0.05, 0.1) is 6.10 Å². The molecule has 2 heteroatoms. The topological polar surface area (TPSA) is 29.5 Å². The third-order valence-corrected chi connectivity index (χ3v) is 1.56. The first-order chi connectivity index (χ1) is 5.16. The van der Waals surface area contributed by atoms with Crippen molar-refractivity contribution in [3.63, 3.8) is 0 Å². The summed E-state index contributed by atoms with van der Waals surface area (Å²) in [5.41, 5.74) is 1.13.